The first-order valence-electron chi connectivity index (χ1n) is 4.93. The summed E-state index contributed by atoms with van der Waals surface area (Å²) >= 11 is 0. The van der Waals surface area contributed by atoms with E-state index in [2.05, 4.69) is 5.32 Å². The minimum atomic E-state index is -0.398. The van der Waals surface area contributed by atoms with Crippen molar-refractivity contribution < 1.29 is 14.4 Å². The lowest BCUT2D eigenvalue weighted by Gasteiger charge is -2.27. The van der Waals surface area contributed by atoms with Gasteiger partial charge in [0.2, 0.25) is 17.7 Å². The zero-order valence-electron chi connectivity index (χ0n) is 8.23. The molecule has 0 spiro atoms. The number of imide groups is 1. The molecule has 1 fully saturated rings. The monoisotopic (exact) mass is 208 g/mol. The standard InChI is InChI=1S/C10H12N2O3/c13-8-5-12(6-9(14)11-8)10(15)7-3-1-2-4-7/h1-2,7H,3-6H2,(H,11,13,14). The van der Waals surface area contributed by atoms with Gasteiger partial charge in [-0.2, -0.15) is 0 Å². The minimum absolute atomic E-state index is 0.00106. The molecule has 1 aliphatic heterocycles. The van der Waals surface area contributed by atoms with E-state index < -0.39 is 11.8 Å². The molecule has 0 unspecified atom stereocenters. The first kappa shape index (κ1) is 9.89. The maximum absolute atomic E-state index is 11.8. The zero-order chi connectivity index (χ0) is 10.8. The van der Waals surface area contributed by atoms with Crippen LogP contribution in [0.2, 0.25) is 0 Å². The van der Waals surface area contributed by atoms with Gasteiger partial charge in [-0.25, -0.2) is 0 Å². The molecule has 0 atom stereocenters. The molecule has 0 bridgehead atoms. The Morgan fingerprint density at radius 2 is 1.73 bits per heavy atom. The quantitative estimate of drug-likeness (QED) is 0.464. The maximum atomic E-state index is 11.8. The molecule has 5 heteroatoms. The third-order valence-corrected chi connectivity index (χ3v) is 2.62. The summed E-state index contributed by atoms with van der Waals surface area (Å²) < 4.78 is 0. The van der Waals surface area contributed by atoms with Gasteiger partial charge in [-0.15, -0.1) is 0 Å². The van der Waals surface area contributed by atoms with Gasteiger partial charge in [-0.3, -0.25) is 19.7 Å². The van der Waals surface area contributed by atoms with Gasteiger partial charge in [0.15, 0.2) is 0 Å². The highest BCUT2D eigenvalue weighted by Crippen LogP contribution is 2.20. The fourth-order valence-electron chi connectivity index (χ4n) is 1.87. The van der Waals surface area contributed by atoms with E-state index in [1.54, 1.807) is 0 Å². The van der Waals surface area contributed by atoms with Crippen LogP contribution >= 0.6 is 0 Å². The van der Waals surface area contributed by atoms with Crippen LogP contribution < -0.4 is 5.32 Å². The molecule has 0 radical (unpaired) electrons. The Morgan fingerprint density at radius 1 is 1.20 bits per heavy atom. The molecule has 1 saturated heterocycles. The lowest BCUT2D eigenvalue weighted by molar-refractivity contribution is -0.147. The second kappa shape index (κ2) is 3.84. The number of nitrogens with zero attached hydrogens (tertiary/aromatic N) is 1. The minimum Gasteiger partial charge on any atom is -0.324 e. The Bertz CT molecular complexity index is 325. The molecule has 80 valence electrons. The number of carbonyl (C=O) groups is 3. The highest BCUT2D eigenvalue weighted by molar-refractivity contribution is 6.02. The van der Waals surface area contributed by atoms with Gasteiger partial charge in [0.1, 0.15) is 13.1 Å². The Balaban J connectivity index is 2.00. The topological polar surface area (TPSA) is 66.5 Å². The van der Waals surface area contributed by atoms with Crippen molar-refractivity contribution in [3.05, 3.63) is 12.2 Å². The Kier molecular flexibility index (Phi) is 2.53. The summed E-state index contributed by atoms with van der Waals surface area (Å²) in [5.41, 5.74) is 0. The molecule has 0 aromatic carbocycles. The van der Waals surface area contributed by atoms with Gasteiger partial charge in [-0.05, 0) is 12.8 Å². The number of rotatable bonds is 1. The van der Waals surface area contributed by atoms with E-state index in [0.29, 0.717) is 12.8 Å². The van der Waals surface area contributed by atoms with Gasteiger partial charge in [0, 0.05) is 5.92 Å². The van der Waals surface area contributed by atoms with Crippen molar-refractivity contribution in [2.75, 3.05) is 13.1 Å². The van der Waals surface area contributed by atoms with Crippen LogP contribution in [0.4, 0.5) is 0 Å². The van der Waals surface area contributed by atoms with Crippen molar-refractivity contribution >= 4 is 17.7 Å². The van der Waals surface area contributed by atoms with Crippen LogP contribution in [0.15, 0.2) is 12.2 Å². The highest BCUT2D eigenvalue weighted by atomic mass is 16.2. The van der Waals surface area contributed by atoms with Crippen molar-refractivity contribution in [1.29, 1.82) is 0 Å². The number of piperazine rings is 1. The third-order valence-electron chi connectivity index (χ3n) is 2.62. The molecule has 0 aromatic rings. The van der Waals surface area contributed by atoms with E-state index in [1.165, 1.54) is 4.90 Å². The summed E-state index contributed by atoms with van der Waals surface area (Å²) in [7, 11) is 0. The molecule has 1 heterocycles. The maximum Gasteiger partial charge on any atom is 0.246 e. The van der Waals surface area contributed by atoms with Crippen molar-refractivity contribution in [2.24, 2.45) is 5.92 Å². The van der Waals surface area contributed by atoms with Gasteiger partial charge in [0.05, 0.1) is 0 Å². The van der Waals surface area contributed by atoms with Crippen LogP contribution in [-0.4, -0.2) is 35.7 Å². The second-order valence-corrected chi connectivity index (χ2v) is 3.81. The molecule has 0 saturated carbocycles. The SMILES string of the molecule is O=C1CN(C(=O)C2CC=CC2)CC(=O)N1. The van der Waals surface area contributed by atoms with E-state index in [4.69, 9.17) is 0 Å². The normalized spacial score (nSPS) is 22.0. The molecule has 3 amide bonds. The average Bonchev–Trinajstić information content (AvgIpc) is 2.67. The van der Waals surface area contributed by atoms with E-state index >= 15 is 0 Å². The van der Waals surface area contributed by atoms with Gasteiger partial charge >= 0.3 is 0 Å². The van der Waals surface area contributed by atoms with E-state index in [9.17, 15) is 14.4 Å². The summed E-state index contributed by atoms with van der Waals surface area (Å²) in [6.45, 7) is 0.00213. The summed E-state index contributed by atoms with van der Waals surface area (Å²) in [6, 6.07) is 0. The third kappa shape index (κ3) is 2.06. The molecular weight excluding hydrogens is 196 g/mol. The molecule has 2 rings (SSSR count). The molecule has 1 aliphatic carbocycles. The predicted octanol–water partition coefficient (Wildman–Crippen LogP) is -0.562. The Morgan fingerprint density at radius 3 is 2.27 bits per heavy atom. The van der Waals surface area contributed by atoms with Crippen LogP contribution in [0.25, 0.3) is 0 Å². The van der Waals surface area contributed by atoms with E-state index in [0.717, 1.165) is 0 Å². The fraction of sp³-hybridized carbons (Fsp3) is 0.500. The summed E-state index contributed by atoms with van der Waals surface area (Å²) in [5, 5.41) is 2.17. The highest BCUT2D eigenvalue weighted by Gasteiger charge is 2.30. The summed E-state index contributed by atoms with van der Waals surface area (Å²) in [6.07, 6.45) is 5.33. The van der Waals surface area contributed by atoms with Crippen LogP contribution in [0.1, 0.15) is 12.8 Å². The van der Waals surface area contributed by atoms with Crippen LogP contribution in [0.3, 0.4) is 0 Å². The second-order valence-electron chi connectivity index (χ2n) is 3.81. The molecule has 2 aliphatic rings. The van der Waals surface area contributed by atoms with Crippen molar-refractivity contribution in [1.82, 2.24) is 10.2 Å². The van der Waals surface area contributed by atoms with Crippen LogP contribution in [-0.2, 0) is 14.4 Å². The number of nitrogens with one attached hydrogen (secondary N) is 1. The molecule has 15 heavy (non-hydrogen) atoms. The van der Waals surface area contributed by atoms with Crippen molar-refractivity contribution in [2.45, 2.75) is 12.8 Å². The smallest absolute Gasteiger partial charge is 0.246 e. The average molecular weight is 208 g/mol. The lowest BCUT2D eigenvalue weighted by Crippen LogP contribution is -2.54. The van der Waals surface area contributed by atoms with Crippen LogP contribution in [0.5, 0.6) is 0 Å². The Hall–Kier alpha value is -1.65. The molecule has 5 nitrogen and oxygen atoms in total. The Labute approximate surface area is 87.1 Å². The largest absolute Gasteiger partial charge is 0.324 e. The lowest BCUT2D eigenvalue weighted by atomic mass is 10.1. The van der Waals surface area contributed by atoms with Crippen LogP contribution in [0, 0.1) is 5.92 Å². The number of carbonyl (C=O) groups excluding carboxylic acids is 3. The zero-order valence-corrected chi connectivity index (χ0v) is 8.23. The summed E-state index contributed by atoms with van der Waals surface area (Å²) in [5.74, 6) is -0.969. The number of hydrogen-bond acceptors (Lipinski definition) is 3. The van der Waals surface area contributed by atoms with Crippen molar-refractivity contribution in [3.8, 4) is 0 Å². The van der Waals surface area contributed by atoms with E-state index in [1.807, 2.05) is 12.2 Å². The number of allylic oxidation sites excluding steroid dienone is 2. The predicted molar refractivity (Wildman–Crippen MR) is 51.6 cm³/mol. The molecule has 1 N–H and O–H groups in total. The molecule has 0 aromatic heterocycles. The van der Waals surface area contributed by atoms with Gasteiger partial charge in [0.25, 0.3) is 0 Å². The summed E-state index contributed by atoms with van der Waals surface area (Å²) in [4.78, 5) is 35.3. The number of amides is 3. The first-order chi connectivity index (χ1) is 7.16. The molecular formula is C10H12N2O3. The van der Waals surface area contributed by atoms with Gasteiger partial charge in [-0.1, -0.05) is 12.2 Å². The first-order valence-corrected chi connectivity index (χ1v) is 4.93. The number of hydrogen-bond donors (Lipinski definition) is 1. The van der Waals surface area contributed by atoms with Crippen molar-refractivity contribution in [3.63, 3.8) is 0 Å². The van der Waals surface area contributed by atoms with Gasteiger partial charge < -0.3 is 4.90 Å². The fourth-order valence-corrected chi connectivity index (χ4v) is 1.87. The van der Waals surface area contributed by atoms with E-state index in [-0.39, 0.29) is 24.9 Å².